The monoisotopic (exact) mass is 271 g/mol. The van der Waals surface area contributed by atoms with Crippen LogP contribution in [0.4, 0.5) is 11.4 Å². The highest BCUT2D eigenvalue weighted by Crippen LogP contribution is 2.32. The van der Waals surface area contributed by atoms with Crippen molar-refractivity contribution in [1.82, 2.24) is 4.98 Å². The summed E-state index contributed by atoms with van der Waals surface area (Å²) in [5.74, 6) is 0. The van der Waals surface area contributed by atoms with Crippen LogP contribution in [-0.2, 0) is 0 Å². The lowest BCUT2D eigenvalue weighted by Gasteiger charge is -2.25. The summed E-state index contributed by atoms with van der Waals surface area (Å²) >= 11 is 0. The van der Waals surface area contributed by atoms with Crippen molar-refractivity contribution >= 4 is 22.1 Å². The predicted molar refractivity (Wildman–Crippen MR) is 82.8 cm³/mol. The maximum absolute atomic E-state index is 10.2. The van der Waals surface area contributed by atoms with Gasteiger partial charge in [0, 0.05) is 47.6 Å². The van der Waals surface area contributed by atoms with Gasteiger partial charge in [0.2, 0.25) is 0 Å². The Hall–Kier alpha value is -1.81. The number of rotatable bonds is 1. The summed E-state index contributed by atoms with van der Waals surface area (Å²) in [4.78, 5) is 6.57. The van der Waals surface area contributed by atoms with E-state index in [4.69, 9.17) is 5.73 Å². The zero-order valence-corrected chi connectivity index (χ0v) is 11.8. The molecule has 0 bridgehead atoms. The van der Waals surface area contributed by atoms with Gasteiger partial charge in [-0.05, 0) is 44.4 Å². The van der Waals surface area contributed by atoms with Crippen LogP contribution in [-0.4, -0.2) is 28.8 Å². The van der Waals surface area contributed by atoms with Crippen molar-refractivity contribution in [3.8, 4) is 0 Å². The fraction of sp³-hybridized carbons (Fsp3) is 0.438. The number of fused-ring (bicyclic) bond motifs is 1. The summed E-state index contributed by atoms with van der Waals surface area (Å²) in [6.07, 6.45) is 6.30. The third-order valence-electron chi connectivity index (χ3n) is 4.23. The van der Waals surface area contributed by atoms with Crippen LogP contribution < -0.4 is 10.6 Å². The molecule has 1 fully saturated rings. The quantitative estimate of drug-likeness (QED) is 0.782. The van der Waals surface area contributed by atoms with Gasteiger partial charge in [0.1, 0.15) is 0 Å². The Morgan fingerprint density at radius 2 is 2.05 bits per heavy atom. The molecular weight excluding hydrogens is 250 g/mol. The Balaban J connectivity index is 2.00. The minimum absolute atomic E-state index is 0.545. The molecule has 3 rings (SSSR count). The Labute approximate surface area is 119 Å². The molecule has 1 atom stereocenters. The standard InChI is InChI=1S/C16H21N3O/c1-16(20)6-2-9-19(10-7-16)15-4-3-14(17)12-5-8-18-11-13(12)15/h3-5,8,11,20H,2,6-7,9-10,17H2,1H3. The molecule has 1 saturated heterocycles. The van der Waals surface area contributed by atoms with Crippen molar-refractivity contribution < 1.29 is 5.11 Å². The molecule has 4 heteroatoms. The molecule has 0 spiro atoms. The van der Waals surface area contributed by atoms with Gasteiger partial charge < -0.3 is 15.7 Å². The van der Waals surface area contributed by atoms with Crippen LogP contribution in [0.5, 0.6) is 0 Å². The smallest absolute Gasteiger partial charge is 0.0637 e. The van der Waals surface area contributed by atoms with E-state index in [1.54, 1.807) is 6.20 Å². The lowest BCUT2D eigenvalue weighted by atomic mass is 9.98. The highest BCUT2D eigenvalue weighted by molar-refractivity contribution is 6.00. The second kappa shape index (κ2) is 4.94. The Bertz CT molecular complexity index is 624. The molecule has 1 aromatic carbocycles. The zero-order chi connectivity index (χ0) is 14.2. The van der Waals surface area contributed by atoms with Crippen LogP contribution in [0.2, 0.25) is 0 Å². The SMILES string of the molecule is CC1(O)CCCN(c2ccc(N)c3ccncc23)CC1. The Kier molecular flexibility index (Phi) is 3.26. The van der Waals surface area contributed by atoms with Crippen LogP contribution >= 0.6 is 0 Å². The normalized spacial score (nSPS) is 23.8. The molecule has 4 nitrogen and oxygen atoms in total. The molecule has 20 heavy (non-hydrogen) atoms. The van der Waals surface area contributed by atoms with Crippen molar-refractivity contribution in [3.63, 3.8) is 0 Å². The Morgan fingerprint density at radius 3 is 2.90 bits per heavy atom. The molecule has 106 valence electrons. The average Bonchev–Trinajstić information content (AvgIpc) is 2.61. The number of anilines is 2. The second-order valence-electron chi connectivity index (χ2n) is 5.93. The molecule has 1 unspecified atom stereocenters. The van der Waals surface area contributed by atoms with Crippen molar-refractivity contribution in [2.45, 2.75) is 31.8 Å². The summed E-state index contributed by atoms with van der Waals surface area (Å²) in [5, 5.41) is 12.4. The number of pyridine rings is 1. The molecule has 0 saturated carbocycles. The van der Waals surface area contributed by atoms with Crippen molar-refractivity contribution in [2.75, 3.05) is 23.7 Å². The van der Waals surface area contributed by atoms with Gasteiger partial charge in [-0.2, -0.15) is 0 Å². The minimum Gasteiger partial charge on any atom is -0.398 e. The third-order valence-corrected chi connectivity index (χ3v) is 4.23. The Morgan fingerprint density at radius 1 is 1.20 bits per heavy atom. The van der Waals surface area contributed by atoms with Gasteiger partial charge in [0.05, 0.1) is 5.60 Å². The van der Waals surface area contributed by atoms with E-state index < -0.39 is 5.60 Å². The topological polar surface area (TPSA) is 62.4 Å². The number of nitrogen functional groups attached to an aromatic ring is 1. The number of aliphatic hydroxyl groups is 1. The number of benzene rings is 1. The van der Waals surface area contributed by atoms with Crippen molar-refractivity contribution in [2.24, 2.45) is 0 Å². The minimum atomic E-state index is -0.545. The summed E-state index contributed by atoms with van der Waals surface area (Å²) < 4.78 is 0. The number of aromatic nitrogens is 1. The third kappa shape index (κ3) is 2.43. The molecule has 1 aliphatic rings. The first kappa shape index (κ1) is 13.2. The van der Waals surface area contributed by atoms with Gasteiger partial charge in [0.15, 0.2) is 0 Å². The van der Waals surface area contributed by atoms with Gasteiger partial charge in [-0.25, -0.2) is 0 Å². The first-order chi connectivity index (χ1) is 9.57. The van der Waals surface area contributed by atoms with Crippen LogP contribution in [0.3, 0.4) is 0 Å². The van der Waals surface area contributed by atoms with Gasteiger partial charge in [0.25, 0.3) is 0 Å². The van der Waals surface area contributed by atoms with Gasteiger partial charge in [-0.15, -0.1) is 0 Å². The lowest BCUT2D eigenvalue weighted by molar-refractivity contribution is 0.0481. The van der Waals surface area contributed by atoms with Crippen LogP contribution in [0.1, 0.15) is 26.2 Å². The fourth-order valence-corrected chi connectivity index (χ4v) is 2.98. The average molecular weight is 271 g/mol. The van der Waals surface area contributed by atoms with Crippen molar-refractivity contribution in [1.29, 1.82) is 0 Å². The fourth-order valence-electron chi connectivity index (χ4n) is 2.98. The predicted octanol–water partition coefficient (Wildman–Crippen LogP) is 2.56. The lowest BCUT2D eigenvalue weighted by Crippen LogP contribution is -2.28. The van der Waals surface area contributed by atoms with E-state index in [1.807, 2.05) is 25.3 Å². The second-order valence-corrected chi connectivity index (χ2v) is 5.93. The number of hydrogen-bond acceptors (Lipinski definition) is 4. The number of hydrogen-bond donors (Lipinski definition) is 2. The summed E-state index contributed by atoms with van der Waals surface area (Å²) in [6.45, 7) is 3.75. The van der Waals surface area contributed by atoms with Crippen LogP contribution in [0.25, 0.3) is 10.8 Å². The molecular formula is C16H21N3O. The first-order valence-electron chi connectivity index (χ1n) is 7.16. The summed E-state index contributed by atoms with van der Waals surface area (Å²) in [5.41, 5.74) is 7.45. The summed E-state index contributed by atoms with van der Waals surface area (Å²) in [7, 11) is 0. The molecule has 2 aromatic rings. The van der Waals surface area contributed by atoms with Crippen LogP contribution in [0.15, 0.2) is 30.6 Å². The van der Waals surface area contributed by atoms with E-state index in [9.17, 15) is 5.11 Å². The van der Waals surface area contributed by atoms with E-state index in [2.05, 4.69) is 16.0 Å². The molecule has 1 aliphatic heterocycles. The van der Waals surface area contributed by atoms with E-state index in [-0.39, 0.29) is 0 Å². The van der Waals surface area contributed by atoms with E-state index in [0.29, 0.717) is 0 Å². The maximum atomic E-state index is 10.2. The van der Waals surface area contributed by atoms with Gasteiger partial charge in [-0.3, -0.25) is 4.98 Å². The van der Waals surface area contributed by atoms with E-state index >= 15 is 0 Å². The number of nitrogens with zero attached hydrogens (tertiary/aromatic N) is 2. The van der Waals surface area contributed by atoms with Crippen LogP contribution in [0, 0.1) is 0 Å². The number of nitrogens with two attached hydrogens (primary N) is 1. The molecule has 0 aliphatic carbocycles. The first-order valence-corrected chi connectivity index (χ1v) is 7.16. The van der Waals surface area contributed by atoms with E-state index in [0.717, 1.165) is 48.8 Å². The molecule has 0 amide bonds. The van der Waals surface area contributed by atoms with E-state index in [1.165, 1.54) is 5.69 Å². The molecule has 0 radical (unpaired) electrons. The van der Waals surface area contributed by atoms with Gasteiger partial charge >= 0.3 is 0 Å². The zero-order valence-electron chi connectivity index (χ0n) is 11.8. The molecule has 2 heterocycles. The maximum Gasteiger partial charge on any atom is 0.0637 e. The molecule has 1 aromatic heterocycles. The van der Waals surface area contributed by atoms with Gasteiger partial charge in [-0.1, -0.05) is 0 Å². The highest BCUT2D eigenvalue weighted by atomic mass is 16.3. The summed E-state index contributed by atoms with van der Waals surface area (Å²) in [6, 6.07) is 5.99. The largest absolute Gasteiger partial charge is 0.398 e. The molecule has 3 N–H and O–H groups in total. The van der Waals surface area contributed by atoms with Crippen molar-refractivity contribution in [3.05, 3.63) is 30.6 Å². The highest BCUT2D eigenvalue weighted by Gasteiger charge is 2.25.